The molecule has 0 radical (unpaired) electrons. The van der Waals surface area contributed by atoms with Crippen molar-refractivity contribution in [2.45, 2.75) is 64.8 Å². The third kappa shape index (κ3) is 3.35. The Bertz CT molecular complexity index is 439. The Morgan fingerprint density at radius 1 is 1.30 bits per heavy atom. The summed E-state index contributed by atoms with van der Waals surface area (Å²) < 4.78 is 5.92. The Morgan fingerprint density at radius 3 is 2.80 bits per heavy atom. The highest BCUT2D eigenvalue weighted by Crippen LogP contribution is 2.36. The van der Waals surface area contributed by atoms with Gasteiger partial charge in [-0.2, -0.15) is 0 Å². The zero-order valence-electron chi connectivity index (χ0n) is 13.5. The Balaban J connectivity index is 2.34. The van der Waals surface area contributed by atoms with Crippen LogP contribution in [0.4, 0.5) is 0 Å². The van der Waals surface area contributed by atoms with Gasteiger partial charge in [0.2, 0.25) is 0 Å². The summed E-state index contributed by atoms with van der Waals surface area (Å²) in [6, 6.07) is 7.23. The van der Waals surface area contributed by atoms with Crippen molar-refractivity contribution in [1.82, 2.24) is 5.32 Å². The Morgan fingerprint density at radius 2 is 2.10 bits per heavy atom. The Hall–Kier alpha value is -1.02. The lowest BCUT2D eigenvalue weighted by Gasteiger charge is -2.26. The van der Waals surface area contributed by atoms with E-state index >= 15 is 0 Å². The molecule has 0 aliphatic carbocycles. The Kier molecular flexibility index (Phi) is 5.09. The molecule has 0 saturated carbocycles. The molecular weight excluding hydrogens is 246 g/mol. The van der Waals surface area contributed by atoms with Gasteiger partial charge in [-0.15, -0.1) is 0 Å². The van der Waals surface area contributed by atoms with Gasteiger partial charge in [-0.3, -0.25) is 0 Å². The highest BCUT2D eigenvalue weighted by atomic mass is 16.5. The van der Waals surface area contributed by atoms with Gasteiger partial charge in [-0.1, -0.05) is 33.8 Å². The molecule has 1 N–H and O–H groups in total. The second-order valence-electron chi connectivity index (χ2n) is 6.49. The molecule has 20 heavy (non-hydrogen) atoms. The molecule has 0 bridgehead atoms. The molecule has 2 nitrogen and oxygen atoms in total. The zero-order chi connectivity index (χ0) is 14.6. The topological polar surface area (TPSA) is 21.3 Å². The lowest BCUT2D eigenvalue weighted by Crippen LogP contribution is -2.23. The van der Waals surface area contributed by atoms with E-state index in [2.05, 4.69) is 51.2 Å². The van der Waals surface area contributed by atoms with Crippen molar-refractivity contribution < 1.29 is 4.74 Å². The first-order valence-corrected chi connectivity index (χ1v) is 8.09. The van der Waals surface area contributed by atoms with Crippen molar-refractivity contribution in [2.24, 2.45) is 0 Å². The molecule has 1 unspecified atom stereocenters. The maximum Gasteiger partial charge on any atom is 0.124 e. The number of fused-ring (bicyclic) bond motifs is 1. The highest BCUT2D eigenvalue weighted by Gasteiger charge is 2.24. The minimum absolute atomic E-state index is 0.233. The first-order chi connectivity index (χ1) is 9.58. The van der Waals surface area contributed by atoms with E-state index < -0.39 is 0 Å². The standard InChI is InChI=1S/C18H29NO/c1-5-11-19-16-8-7-12-20-17-10-9-14(13-15(16)17)18(3,4)6-2/h9-10,13,16,19H,5-8,11-12H2,1-4H3. The van der Waals surface area contributed by atoms with E-state index in [1.165, 1.54) is 24.0 Å². The normalized spacial score (nSPS) is 19.1. The van der Waals surface area contributed by atoms with Gasteiger partial charge in [0.15, 0.2) is 0 Å². The first-order valence-electron chi connectivity index (χ1n) is 8.09. The van der Waals surface area contributed by atoms with Gasteiger partial charge < -0.3 is 10.1 Å². The van der Waals surface area contributed by atoms with Crippen LogP contribution >= 0.6 is 0 Å². The van der Waals surface area contributed by atoms with Crippen LogP contribution in [-0.4, -0.2) is 13.2 Å². The predicted octanol–water partition coefficient (Wildman–Crippen LogP) is 4.59. The fourth-order valence-corrected chi connectivity index (χ4v) is 2.73. The predicted molar refractivity (Wildman–Crippen MR) is 85.5 cm³/mol. The zero-order valence-corrected chi connectivity index (χ0v) is 13.5. The van der Waals surface area contributed by atoms with Crippen molar-refractivity contribution in [1.29, 1.82) is 0 Å². The van der Waals surface area contributed by atoms with Gasteiger partial charge in [0, 0.05) is 11.6 Å². The molecule has 1 aromatic carbocycles. The number of hydrogen-bond donors (Lipinski definition) is 1. The van der Waals surface area contributed by atoms with Crippen molar-refractivity contribution in [3.05, 3.63) is 29.3 Å². The molecule has 0 fully saturated rings. The molecule has 2 heteroatoms. The van der Waals surface area contributed by atoms with E-state index in [1.54, 1.807) is 0 Å². The second kappa shape index (κ2) is 6.62. The maximum absolute atomic E-state index is 5.92. The first kappa shape index (κ1) is 15.4. The lowest BCUT2D eigenvalue weighted by molar-refractivity contribution is 0.315. The second-order valence-corrected chi connectivity index (χ2v) is 6.49. The quantitative estimate of drug-likeness (QED) is 0.848. The van der Waals surface area contributed by atoms with E-state index in [-0.39, 0.29) is 5.41 Å². The SMILES string of the molecule is CCCNC1CCCOc2ccc(C(C)(C)CC)cc21. The molecular formula is C18H29NO. The van der Waals surface area contributed by atoms with Crippen LogP contribution in [0.1, 0.15) is 70.5 Å². The van der Waals surface area contributed by atoms with Crippen LogP contribution in [0.15, 0.2) is 18.2 Å². The summed E-state index contributed by atoms with van der Waals surface area (Å²) in [5.74, 6) is 1.08. The molecule has 0 amide bonds. The summed E-state index contributed by atoms with van der Waals surface area (Å²) in [5.41, 5.74) is 3.01. The molecule has 1 aliphatic heterocycles. The van der Waals surface area contributed by atoms with Gasteiger partial charge in [0.1, 0.15) is 5.75 Å². The van der Waals surface area contributed by atoms with E-state index in [1.807, 2.05) is 0 Å². The van der Waals surface area contributed by atoms with Crippen molar-refractivity contribution in [3.63, 3.8) is 0 Å². The van der Waals surface area contributed by atoms with Crippen molar-refractivity contribution in [2.75, 3.05) is 13.2 Å². The van der Waals surface area contributed by atoms with Gasteiger partial charge >= 0.3 is 0 Å². The molecule has 1 aliphatic rings. The van der Waals surface area contributed by atoms with Gasteiger partial charge in [0.25, 0.3) is 0 Å². The molecule has 112 valence electrons. The fraction of sp³-hybridized carbons (Fsp3) is 0.667. The third-order valence-electron chi connectivity index (χ3n) is 4.59. The van der Waals surface area contributed by atoms with Gasteiger partial charge in [-0.25, -0.2) is 0 Å². The summed E-state index contributed by atoms with van der Waals surface area (Å²) in [6.45, 7) is 11.0. The van der Waals surface area contributed by atoms with Crippen LogP contribution in [0.25, 0.3) is 0 Å². The van der Waals surface area contributed by atoms with E-state index in [0.717, 1.165) is 31.7 Å². The average molecular weight is 275 g/mol. The van der Waals surface area contributed by atoms with E-state index in [9.17, 15) is 0 Å². The van der Waals surface area contributed by atoms with E-state index in [4.69, 9.17) is 4.74 Å². The summed E-state index contributed by atoms with van der Waals surface area (Å²) in [5, 5.41) is 3.68. The van der Waals surface area contributed by atoms with Crippen molar-refractivity contribution in [3.8, 4) is 5.75 Å². The van der Waals surface area contributed by atoms with Crippen LogP contribution in [0.2, 0.25) is 0 Å². The highest BCUT2D eigenvalue weighted by molar-refractivity contribution is 5.42. The number of hydrogen-bond acceptors (Lipinski definition) is 2. The third-order valence-corrected chi connectivity index (χ3v) is 4.59. The number of benzene rings is 1. The lowest BCUT2D eigenvalue weighted by atomic mass is 9.81. The number of ether oxygens (including phenoxy) is 1. The largest absolute Gasteiger partial charge is 0.493 e. The molecule has 1 aromatic rings. The number of nitrogens with one attached hydrogen (secondary N) is 1. The summed E-state index contributed by atoms with van der Waals surface area (Å²) in [6.07, 6.45) is 4.62. The summed E-state index contributed by atoms with van der Waals surface area (Å²) in [7, 11) is 0. The minimum atomic E-state index is 0.233. The van der Waals surface area contributed by atoms with Crippen LogP contribution < -0.4 is 10.1 Å². The molecule has 2 rings (SSSR count). The van der Waals surface area contributed by atoms with Gasteiger partial charge in [0.05, 0.1) is 6.61 Å². The van der Waals surface area contributed by atoms with E-state index in [0.29, 0.717) is 6.04 Å². The van der Waals surface area contributed by atoms with Crippen LogP contribution in [0, 0.1) is 0 Å². The Labute approximate surface area is 123 Å². The molecule has 0 spiro atoms. The molecule has 0 saturated heterocycles. The summed E-state index contributed by atoms with van der Waals surface area (Å²) >= 11 is 0. The van der Waals surface area contributed by atoms with Crippen LogP contribution in [0.5, 0.6) is 5.75 Å². The smallest absolute Gasteiger partial charge is 0.124 e. The van der Waals surface area contributed by atoms with Crippen LogP contribution in [0.3, 0.4) is 0 Å². The molecule has 0 aromatic heterocycles. The maximum atomic E-state index is 5.92. The molecule has 1 atom stereocenters. The minimum Gasteiger partial charge on any atom is -0.493 e. The number of rotatable bonds is 5. The van der Waals surface area contributed by atoms with Crippen molar-refractivity contribution >= 4 is 0 Å². The van der Waals surface area contributed by atoms with Crippen LogP contribution in [-0.2, 0) is 5.41 Å². The van der Waals surface area contributed by atoms with Gasteiger partial charge in [-0.05, 0) is 55.3 Å². The monoisotopic (exact) mass is 275 g/mol. The average Bonchev–Trinajstić information content (AvgIpc) is 2.66. The fourth-order valence-electron chi connectivity index (χ4n) is 2.73. The summed E-state index contributed by atoms with van der Waals surface area (Å²) in [4.78, 5) is 0. The molecule has 1 heterocycles.